The molecule has 7 heteroatoms. The molecule has 2 unspecified atom stereocenters. The summed E-state index contributed by atoms with van der Waals surface area (Å²) in [6.45, 7) is 2.67. The van der Waals surface area contributed by atoms with Gasteiger partial charge in [-0.25, -0.2) is 14.1 Å². The number of likely N-dealkylation sites (N-methyl/N-ethyl adjacent to an activating group) is 1. The van der Waals surface area contributed by atoms with Gasteiger partial charge in [-0.15, -0.1) is 5.10 Å². The van der Waals surface area contributed by atoms with Crippen molar-refractivity contribution in [2.24, 2.45) is 0 Å². The Morgan fingerprint density at radius 1 is 1.14 bits per heavy atom. The van der Waals surface area contributed by atoms with Gasteiger partial charge in [-0.1, -0.05) is 30.3 Å². The Labute approximate surface area is 163 Å². The molecule has 2 heterocycles. The highest BCUT2D eigenvalue weighted by molar-refractivity contribution is 5.90. The summed E-state index contributed by atoms with van der Waals surface area (Å²) in [5.41, 5.74) is 1.84. The van der Waals surface area contributed by atoms with E-state index in [9.17, 15) is 9.18 Å². The number of nitrogens with one attached hydrogen (secondary N) is 1. The Hall–Kier alpha value is -3.06. The summed E-state index contributed by atoms with van der Waals surface area (Å²) in [4.78, 5) is 19.4. The van der Waals surface area contributed by atoms with Crippen molar-refractivity contribution in [2.75, 3.05) is 13.6 Å². The van der Waals surface area contributed by atoms with E-state index in [-0.39, 0.29) is 29.6 Å². The average Bonchev–Trinajstić information content (AvgIpc) is 3.26. The molecule has 144 valence electrons. The molecule has 1 aliphatic rings. The first-order valence-corrected chi connectivity index (χ1v) is 9.28. The molecular weight excluding hydrogens is 357 g/mol. The van der Waals surface area contributed by atoms with Gasteiger partial charge in [0.25, 0.3) is 5.91 Å². The second-order valence-electron chi connectivity index (χ2n) is 7.08. The molecule has 0 spiro atoms. The van der Waals surface area contributed by atoms with E-state index in [1.54, 1.807) is 23.7 Å². The highest BCUT2D eigenvalue weighted by Crippen LogP contribution is 2.30. The third-order valence-corrected chi connectivity index (χ3v) is 5.15. The third-order valence-electron chi connectivity index (χ3n) is 5.15. The summed E-state index contributed by atoms with van der Waals surface area (Å²) >= 11 is 0. The van der Waals surface area contributed by atoms with Gasteiger partial charge in [0.2, 0.25) is 5.82 Å². The topological polar surface area (TPSA) is 63.1 Å². The number of carbonyl (C=O) groups excluding carboxylic acids is 1. The summed E-state index contributed by atoms with van der Waals surface area (Å²) in [7, 11) is 2.06. The Bertz CT molecular complexity index is 970. The van der Waals surface area contributed by atoms with Crippen LogP contribution >= 0.6 is 0 Å². The molecule has 1 saturated heterocycles. The van der Waals surface area contributed by atoms with Gasteiger partial charge in [-0.05, 0) is 50.2 Å². The van der Waals surface area contributed by atoms with Crippen LogP contribution in [0.5, 0.6) is 0 Å². The molecule has 1 N–H and O–H groups in total. The minimum atomic E-state index is -0.322. The minimum absolute atomic E-state index is 0.0158. The van der Waals surface area contributed by atoms with Gasteiger partial charge in [-0.3, -0.25) is 9.69 Å². The van der Waals surface area contributed by atoms with Gasteiger partial charge in [-0.2, -0.15) is 0 Å². The number of halogens is 1. The van der Waals surface area contributed by atoms with Gasteiger partial charge >= 0.3 is 0 Å². The number of hydrogen-bond acceptors (Lipinski definition) is 4. The summed E-state index contributed by atoms with van der Waals surface area (Å²) in [5, 5.41) is 7.42. The molecule has 1 fully saturated rings. The summed E-state index contributed by atoms with van der Waals surface area (Å²) in [5.74, 6) is 0.0603. The Morgan fingerprint density at radius 3 is 2.57 bits per heavy atom. The zero-order valence-electron chi connectivity index (χ0n) is 15.8. The number of aromatic nitrogens is 3. The normalized spacial score (nSPS) is 19.7. The lowest BCUT2D eigenvalue weighted by atomic mass is 10.0. The van der Waals surface area contributed by atoms with Crippen molar-refractivity contribution in [1.82, 2.24) is 25.0 Å². The smallest absolute Gasteiger partial charge is 0.291 e. The van der Waals surface area contributed by atoms with Crippen LogP contribution in [-0.4, -0.2) is 45.2 Å². The first-order chi connectivity index (χ1) is 13.5. The maximum atomic E-state index is 13.2. The Morgan fingerprint density at radius 2 is 1.86 bits per heavy atom. The lowest BCUT2D eigenvalue weighted by Crippen LogP contribution is -2.39. The van der Waals surface area contributed by atoms with Crippen LogP contribution in [0.15, 0.2) is 54.6 Å². The fraction of sp³-hybridized carbons (Fsp3) is 0.286. The van der Waals surface area contributed by atoms with Crippen molar-refractivity contribution in [1.29, 1.82) is 0 Å². The Kier molecular flexibility index (Phi) is 4.92. The number of carbonyl (C=O) groups is 1. The molecule has 1 aromatic heterocycles. The first kappa shape index (κ1) is 18.3. The van der Waals surface area contributed by atoms with Crippen LogP contribution in [0.4, 0.5) is 4.39 Å². The number of nitrogens with zero attached hydrogens (tertiary/aromatic N) is 4. The van der Waals surface area contributed by atoms with Crippen LogP contribution in [0.1, 0.15) is 34.5 Å². The highest BCUT2D eigenvalue weighted by atomic mass is 19.1. The number of rotatable bonds is 4. The van der Waals surface area contributed by atoms with Crippen LogP contribution in [0.25, 0.3) is 5.69 Å². The molecule has 0 bridgehead atoms. The third kappa shape index (κ3) is 3.53. The molecule has 4 rings (SSSR count). The van der Waals surface area contributed by atoms with Crippen LogP contribution < -0.4 is 5.32 Å². The lowest BCUT2D eigenvalue weighted by Gasteiger charge is -2.25. The Balaban J connectivity index is 1.54. The van der Waals surface area contributed by atoms with Gasteiger partial charge in [0.05, 0.1) is 17.8 Å². The summed E-state index contributed by atoms with van der Waals surface area (Å²) in [6, 6.07) is 16.2. The zero-order chi connectivity index (χ0) is 19.7. The van der Waals surface area contributed by atoms with Crippen LogP contribution in [0.2, 0.25) is 0 Å². The first-order valence-electron chi connectivity index (χ1n) is 9.28. The highest BCUT2D eigenvalue weighted by Gasteiger charge is 2.34. The van der Waals surface area contributed by atoms with E-state index in [0.717, 1.165) is 13.0 Å². The largest absolute Gasteiger partial charge is 0.345 e. The van der Waals surface area contributed by atoms with Gasteiger partial charge in [0.15, 0.2) is 0 Å². The monoisotopic (exact) mass is 379 g/mol. The van der Waals surface area contributed by atoms with Gasteiger partial charge < -0.3 is 5.32 Å². The summed E-state index contributed by atoms with van der Waals surface area (Å²) < 4.78 is 14.7. The number of benzene rings is 2. The fourth-order valence-electron chi connectivity index (χ4n) is 3.78. The molecule has 0 aliphatic carbocycles. The lowest BCUT2D eigenvalue weighted by molar-refractivity contribution is 0.0917. The van der Waals surface area contributed by atoms with Crippen molar-refractivity contribution in [3.63, 3.8) is 0 Å². The molecule has 28 heavy (non-hydrogen) atoms. The molecule has 6 nitrogen and oxygen atoms in total. The van der Waals surface area contributed by atoms with E-state index in [1.807, 2.05) is 18.2 Å². The van der Waals surface area contributed by atoms with E-state index in [2.05, 4.69) is 39.5 Å². The van der Waals surface area contributed by atoms with Crippen LogP contribution in [0, 0.1) is 12.7 Å². The van der Waals surface area contributed by atoms with Crippen molar-refractivity contribution in [3.8, 4) is 5.69 Å². The average molecular weight is 379 g/mol. The SMILES string of the molecule is Cc1nc(C(=O)NC2CCN(C)C2c2ccccc2)nn1-c1ccc(F)cc1. The van der Waals surface area contributed by atoms with Gasteiger partial charge in [0, 0.05) is 6.54 Å². The standard InChI is InChI=1S/C21H22FN5O/c1-14-23-20(25-27(14)17-10-8-16(22)9-11-17)21(28)24-18-12-13-26(2)19(18)15-6-4-3-5-7-15/h3-11,18-19H,12-13H2,1-2H3,(H,24,28). The fourth-order valence-corrected chi connectivity index (χ4v) is 3.78. The number of amides is 1. The minimum Gasteiger partial charge on any atom is -0.345 e. The quantitative estimate of drug-likeness (QED) is 0.757. The van der Waals surface area contributed by atoms with E-state index < -0.39 is 0 Å². The van der Waals surface area contributed by atoms with Crippen LogP contribution in [0.3, 0.4) is 0 Å². The second-order valence-corrected chi connectivity index (χ2v) is 7.08. The van der Waals surface area contributed by atoms with Crippen molar-refractivity contribution in [2.45, 2.75) is 25.4 Å². The molecular formula is C21H22FN5O. The zero-order valence-corrected chi connectivity index (χ0v) is 15.8. The van der Waals surface area contributed by atoms with Gasteiger partial charge in [0.1, 0.15) is 11.6 Å². The molecule has 3 aromatic rings. The van der Waals surface area contributed by atoms with Crippen molar-refractivity contribution < 1.29 is 9.18 Å². The molecule has 0 radical (unpaired) electrons. The maximum Gasteiger partial charge on any atom is 0.291 e. The number of aryl methyl sites for hydroxylation is 1. The van der Waals surface area contributed by atoms with Crippen molar-refractivity contribution >= 4 is 5.91 Å². The predicted octanol–water partition coefficient (Wildman–Crippen LogP) is 2.89. The van der Waals surface area contributed by atoms with E-state index in [0.29, 0.717) is 11.5 Å². The molecule has 2 aromatic carbocycles. The van der Waals surface area contributed by atoms with Crippen LogP contribution in [-0.2, 0) is 0 Å². The molecule has 1 aliphatic heterocycles. The molecule has 2 atom stereocenters. The number of likely N-dealkylation sites (tertiary alicyclic amines) is 1. The van der Waals surface area contributed by atoms with E-state index in [4.69, 9.17) is 0 Å². The maximum absolute atomic E-state index is 13.2. The second kappa shape index (κ2) is 7.52. The van der Waals surface area contributed by atoms with Crippen molar-refractivity contribution in [3.05, 3.63) is 77.6 Å². The van der Waals surface area contributed by atoms with E-state index >= 15 is 0 Å². The molecule has 1 amide bonds. The predicted molar refractivity (Wildman–Crippen MR) is 104 cm³/mol. The summed E-state index contributed by atoms with van der Waals surface area (Å²) in [6.07, 6.45) is 0.861. The van der Waals surface area contributed by atoms with E-state index in [1.165, 1.54) is 17.7 Å². The molecule has 0 saturated carbocycles. The number of hydrogen-bond donors (Lipinski definition) is 1.